The number of hydrogen-bond donors (Lipinski definition) is 1. The van der Waals surface area contributed by atoms with Gasteiger partial charge in [-0.05, 0) is 44.0 Å². The molecule has 2 aromatic heterocycles. The second-order valence-electron chi connectivity index (χ2n) is 8.05. The molecule has 0 unspecified atom stereocenters. The van der Waals surface area contributed by atoms with Gasteiger partial charge in [-0.25, -0.2) is 14.1 Å². The van der Waals surface area contributed by atoms with Crippen LogP contribution in [0.5, 0.6) is 0 Å². The minimum Gasteiger partial charge on any atom is -0.350 e. The highest BCUT2D eigenvalue weighted by molar-refractivity contribution is 5.93. The SMILES string of the molecule is Cc1ccc(-n2nnc(C(=O)NCCc3nc4c(F)cccc4n3C)c2C2CC2)cc1. The lowest BCUT2D eigenvalue weighted by Gasteiger charge is -2.08. The van der Waals surface area contributed by atoms with Gasteiger partial charge in [0.1, 0.15) is 11.3 Å². The van der Waals surface area contributed by atoms with E-state index in [2.05, 4.69) is 20.6 Å². The minimum absolute atomic E-state index is 0.245. The molecule has 31 heavy (non-hydrogen) atoms. The van der Waals surface area contributed by atoms with E-state index in [1.54, 1.807) is 10.7 Å². The first kappa shape index (κ1) is 19.4. The molecule has 1 saturated carbocycles. The summed E-state index contributed by atoms with van der Waals surface area (Å²) >= 11 is 0. The highest BCUT2D eigenvalue weighted by Gasteiger charge is 2.34. The van der Waals surface area contributed by atoms with Crippen LogP contribution in [0.1, 0.15) is 46.3 Å². The molecule has 158 valence electrons. The number of carbonyl (C=O) groups excluding carboxylic acids is 1. The van der Waals surface area contributed by atoms with Gasteiger partial charge in [0.25, 0.3) is 5.91 Å². The fourth-order valence-electron chi connectivity index (χ4n) is 3.87. The summed E-state index contributed by atoms with van der Waals surface area (Å²) in [4.78, 5) is 17.3. The molecule has 4 aromatic rings. The van der Waals surface area contributed by atoms with Crippen LogP contribution in [-0.4, -0.2) is 37.0 Å². The second kappa shape index (κ2) is 7.61. The Morgan fingerprint density at radius 2 is 1.97 bits per heavy atom. The van der Waals surface area contributed by atoms with Crippen LogP contribution in [0.3, 0.4) is 0 Å². The summed E-state index contributed by atoms with van der Waals surface area (Å²) in [7, 11) is 1.85. The van der Waals surface area contributed by atoms with Crippen LogP contribution in [0.4, 0.5) is 4.39 Å². The van der Waals surface area contributed by atoms with E-state index in [-0.39, 0.29) is 11.7 Å². The van der Waals surface area contributed by atoms with Crippen LogP contribution >= 0.6 is 0 Å². The van der Waals surface area contributed by atoms with E-state index in [0.29, 0.717) is 35.9 Å². The fraction of sp³-hybridized carbons (Fsp3) is 0.304. The molecule has 1 aliphatic rings. The number of nitrogens with zero attached hydrogens (tertiary/aromatic N) is 5. The Morgan fingerprint density at radius 3 is 2.68 bits per heavy atom. The molecule has 1 aliphatic carbocycles. The largest absolute Gasteiger partial charge is 0.350 e. The number of rotatable bonds is 6. The summed E-state index contributed by atoms with van der Waals surface area (Å²) in [5.74, 6) is 0.432. The summed E-state index contributed by atoms with van der Waals surface area (Å²) in [5, 5.41) is 11.4. The Morgan fingerprint density at radius 1 is 1.19 bits per heavy atom. The number of amides is 1. The summed E-state index contributed by atoms with van der Waals surface area (Å²) in [6.07, 6.45) is 2.55. The number of carbonyl (C=O) groups is 1. The van der Waals surface area contributed by atoms with Crippen LogP contribution in [0.25, 0.3) is 16.7 Å². The maximum Gasteiger partial charge on any atom is 0.273 e. The number of hydrogen-bond acceptors (Lipinski definition) is 4. The average molecular weight is 418 g/mol. The molecule has 0 saturated heterocycles. The van der Waals surface area contributed by atoms with Gasteiger partial charge < -0.3 is 9.88 Å². The minimum atomic E-state index is -0.342. The predicted octanol–water partition coefficient (Wildman–Crippen LogP) is 3.45. The first-order valence-electron chi connectivity index (χ1n) is 10.4. The van der Waals surface area contributed by atoms with Gasteiger partial charge in [0.05, 0.1) is 16.9 Å². The number of benzene rings is 2. The van der Waals surface area contributed by atoms with Gasteiger partial charge in [-0.1, -0.05) is 29.0 Å². The summed E-state index contributed by atoms with van der Waals surface area (Å²) in [5.41, 5.74) is 4.39. The van der Waals surface area contributed by atoms with Crippen molar-refractivity contribution in [3.8, 4) is 5.69 Å². The molecule has 7 nitrogen and oxygen atoms in total. The van der Waals surface area contributed by atoms with Crippen molar-refractivity contribution in [2.24, 2.45) is 7.05 Å². The zero-order valence-corrected chi connectivity index (χ0v) is 17.5. The van der Waals surface area contributed by atoms with E-state index in [0.717, 1.165) is 35.3 Å². The molecule has 2 aromatic carbocycles. The molecule has 0 spiro atoms. The van der Waals surface area contributed by atoms with Gasteiger partial charge in [0.15, 0.2) is 11.5 Å². The van der Waals surface area contributed by atoms with Crippen LogP contribution in [-0.2, 0) is 13.5 Å². The quantitative estimate of drug-likeness (QED) is 0.520. The van der Waals surface area contributed by atoms with Crippen molar-refractivity contribution in [1.29, 1.82) is 0 Å². The Labute approximate surface area is 178 Å². The highest BCUT2D eigenvalue weighted by Crippen LogP contribution is 2.42. The van der Waals surface area contributed by atoms with Gasteiger partial charge in [-0.3, -0.25) is 4.79 Å². The van der Waals surface area contributed by atoms with E-state index in [4.69, 9.17) is 0 Å². The van der Waals surface area contributed by atoms with Crippen LogP contribution < -0.4 is 5.32 Å². The van der Waals surface area contributed by atoms with Crippen molar-refractivity contribution in [3.05, 3.63) is 71.1 Å². The molecular formula is C23H23FN6O. The summed E-state index contributed by atoms with van der Waals surface area (Å²) < 4.78 is 17.6. The highest BCUT2D eigenvalue weighted by atomic mass is 19.1. The van der Waals surface area contributed by atoms with Crippen molar-refractivity contribution >= 4 is 16.9 Å². The molecule has 1 N–H and O–H groups in total. The fourth-order valence-corrected chi connectivity index (χ4v) is 3.87. The van der Waals surface area contributed by atoms with Crippen LogP contribution in [0.15, 0.2) is 42.5 Å². The van der Waals surface area contributed by atoms with Gasteiger partial charge in [0, 0.05) is 25.9 Å². The normalized spacial score (nSPS) is 13.6. The Bertz CT molecular complexity index is 1270. The van der Waals surface area contributed by atoms with Gasteiger partial charge in [-0.15, -0.1) is 5.10 Å². The predicted molar refractivity (Wildman–Crippen MR) is 115 cm³/mol. The first-order valence-corrected chi connectivity index (χ1v) is 10.4. The van der Waals surface area contributed by atoms with Gasteiger partial charge >= 0.3 is 0 Å². The lowest BCUT2D eigenvalue weighted by molar-refractivity contribution is 0.0948. The molecule has 0 radical (unpaired) electrons. The van der Waals surface area contributed by atoms with E-state index in [9.17, 15) is 9.18 Å². The van der Waals surface area contributed by atoms with E-state index in [1.165, 1.54) is 6.07 Å². The monoisotopic (exact) mass is 418 g/mol. The van der Waals surface area contributed by atoms with Crippen molar-refractivity contribution in [2.75, 3.05) is 6.54 Å². The second-order valence-corrected chi connectivity index (χ2v) is 8.05. The standard InChI is InChI=1S/C23H23FN6O/c1-14-6-10-16(11-7-14)30-22(15-8-9-15)21(27-28-30)23(31)25-13-12-19-26-20-17(24)4-3-5-18(20)29(19)2/h3-7,10-11,15H,8-9,12-13H2,1-2H3,(H,25,31). The molecular weight excluding hydrogens is 395 g/mol. The third kappa shape index (κ3) is 3.58. The van der Waals surface area contributed by atoms with E-state index >= 15 is 0 Å². The van der Waals surface area contributed by atoms with Crippen molar-refractivity contribution in [3.63, 3.8) is 0 Å². The van der Waals surface area contributed by atoms with Gasteiger partial charge in [-0.2, -0.15) is 0 Å². The molecule has 0 aliphatic heterocycles. The summed E-state index contributed by atoms with van der Waals surface area (Å²) in [6.45, 7) is 2.41. The van der Waals surface area contributed by atoms with Crippen molar-refractivity contribution in [2.45, 2.75) is 32.1 Å². The number of nitrogens with one attached hydrogen (secondary N) is 1. The topological polar surface area (TPSA) is 77.6 Å². The molecule has 0 atom stereocenters. The van der Waals surface area contributed by atoms with Crippen LogP contribution in [0, 0.1) is 12.7 Å². The maximum absolute atomic E-state index is 14.0. The van der Waals surface area contributed by atoms with E-state index < -0.39 is 0 Å². The third-order valence-electron chi connectivity index (χ3n) is 5.75. The molecule has 8 heteroatoms. The van der Waals surface area contributed by atoms with Gasteiger partial charge in [0.2, 0.25) is 0 Å². The third-order valence-corrected chi connectivity index (χ3v) is 5.75. The van der Waals surface area contributed by atoms with E-state index in [1.807, 2.05) is 48.9 Å². The van der Waals surface area contributed by atoms with Crippen molar-refractivity contribution in [1.82, 2.24) is 29.9 Å². The smallest absolute Gasteiger partial charge is 0.273 e. The molecule has 0 bridgehead atoms. The number of imidazole rings is 1. The van der Waals surface area contributed by atoms with Crippen LogP contribution in [0.2, 0.25) is 0 Å². The number of fused-ring (bicyclic) bond motifs is 1. The lowest BCUT2D eigenvalue weighted by Crippen LogP contribution is -2.27. The zero-order chi connectivity index (χ0) is 21.5. The maximum atomic E-state index is 14.0. The molecule has 5 rings (SSSR count). The number of para-hydroxylation sites is 1. The summed E-state index contributed by atoms with van der Waals surface area (Å²) in [6, 6.07) is 12.9. The molecule has 1 fully saturated rings. The average Bonchev–Trinajstić information content (AvgIpc) is 3.43. The Kier molecular flexibility index (Phi) is 4.77. The molecule has 1 amide bonds. The Balaban J connectivity index is 1.33. The number of aromatic nitrogens is 5. The Hall–Kier alpha value is -3.55. The number of aryl methyl sites for hydroxylation is 2. The molecule has 2 heterocycles. The number of halogens is 1. The zero-order valence-electron chi connectivity index (χ0n) is 17.5. The lowest BCUT2D eigenvalue weighted by atomic mass is 10.2. The first-order chi connectivity index (χ1) is 15.0. The van der Waals surface area contributed by atoms with Crippen molar-refractivity contribution < 1.29 is 9.18 Å².